The van der Waals surface area contributed by atoms with Gasteiger partial charge in [0.2, 0.25) is 0 Å². The monoisotopic (exact) mass is 339 g/mol. The van der Waals surface area contributed by atoms with Crippen molar-refractivity contribution in [2.75, 3.05) is 0 Å². The molecule has 0 spiro atoms. The lowest BCUT2D eigenvalue weighted by Gasteiger charge is -2.06. The quantitative estimate of drug-likeness (QED) is 0.558. The molecule has 4 aromatic rings. The minimum Gasteiger partial charge on any atom is -0.293 e. The number of aryl methyl sites for hydroxylation is 2. The Kier molecular flexibility index (Phi) is 3.42. The highest BCUT2D eigenvalue weighted by Crippen LogP contribution is 2.30. The molecule has 0 aliphatic rings. The third-order valence-corrected chi connectivity index (χ3v) is 5.26. The maximum absolute atomic E-state index is 13.8. The molecule has 0 saturated carbocycles. The maximum Gasteiger partial charge on any atom is 0.271 e. The normalized spacial score (nSPS) is 11.5. The van der Waals surface area contributed by atoms with Crippen LogP contribution in [0.4, 0.5) is 4.39 Å². The van der Waals surface area contributed by atoms with Crippen molar-refractivity contribution in [3.8, 4) is 0 Å². The Morgan fingerprint density at radius 2 is 2.04 bits per heavy atom. The van der Waals surface area contributed by atoms with Crippen LogP contribution in [0.1, 0.15) is 16.8 Å². The lowest BCUT2D eigenvalue weighted by molar-refractivity contribution is 0.595. The van der Waals surface area contributed by atoms with E-state index in [1.807, 2.05) is 19.9 Å². The smallest absolute Gasteiger partial charge is 0.271 e. The SMILES string of the molecule is Cc1cc2c(nc1C)sc1c(=O)n(Cc3ccccc3F)cnc12. The van der Waals surface area contributed by atoms with E-state index in [0.717, 1.165) is 21.5 Å². The van der Waals surface area contributed by atoms with Gasteiger partial charge in [-0.15, -0.1) is 11.3 Å². The Morgan fingerprint density at radius 3 is 2.83 bits per heavy atom. The average Bonchev–Trinajstić information content (AvgIpc) is 2.91. The highest BCUT2D eigenvalue weighted by Gasteiger charge is 2.14. The molecule has 0 bridgehead atoms. The first kappa shape index (κ1) is 15.0. The molecule has 0 amide bonds. The maximum atomic E-state index is 13.8. The lowest BCUT2D eigenvalue weighted by atomic mass is 10.2. The molecular weight excluding hydrogens is 325 g/mol. The van der Waals surface area contributed by atoms with E-state index >= 15 is 0 Å². The summed E-state index contributed by atoms with van der Waals surface area (Å²) in [6, 6.07) is 8.46. The third-order valence-electron chi connectivity index (χ3n) is 4.18. The second kappa shape index (κ2) is 5.49. The molecule has 3 aromatic heterocycles. The molecule has 6 heteroatoms. The van der Waals surface area contributed by atoms with E-state index in [1.165, 1.54) is 28.3 Å². The van der Waals surface area contributed by atoms with Gasteiger partial charge in [0.1, 0.15) is 15.3 Å². The zero-order valence-electron chi connectivity index (χ0n) is 13.2. The number of aromatic nitrogens is 3. The minimum absolute atomic E-state index is 0.161. The van der Waals surface area contributed by atoms with Crippen LogP contribution < -0.4 is 5.56 Å². The summed E-state index contributed by atoms with van der Waals surface area (Å²) in [6.07, 6.45) is 1.48. The van der Waals surface area contributed by atoms with Crippen LogP contribution in [0.15, 0.2) is 41.5 Å². The molecule has 120 valence electrons. The van der Waals surface area contributed by atoms with Gasteiger partial charge in [-0.1, -0.05) is 18.2 Å². The predicted molar refractivity (Wildman–Crippen MR) is 94.2 cm³/mol. The van der Waals surface area contributed by atoms with E-state index in [4.69, 9.17) is 0 Å². The van der Waals surface area contributed by atoms with Crippen LogP contribution in [0.5, 0.6) is 0 Å². The number of hydrogen-bond donors (Lipinski definition) is 0. The van der Waals surface area contributed by atoms with Gasteiger partial charge < -0.3 is 0 Å². The topological polar surface area (TPSA) is 47.8 Å². The largest absolute Gasteiger partial charge is 0.293 e. The molecular formula is C18H14FN3OS. The van der Waals surface area contributed by atoms with Crippen molar-refractivity contribution in [3.05, 3.63) is 69.7 Å². The van der Waals surface area contributed by atoms with Gasteiger partial charge in [0.05, 0.1) is 18.4 Å². The number of rotatable bonds is 2. The van der Waals surface area contributed by atoms with E-state index in [9.17, 15) is 9.18 Å². The second-order valence-electron chi connectivity index (χ2n) is 5.79. The van der Waals surface area contributed by atoms with Crippen molar-refractivity contribution >= 4 is 31.8 Å². The molecule has 4 rings (SSSR count). The number of hydrogen-bond acceptors (Lipinski definition) is 4. The van der Waals surface area contributed by atoms with Crippen molar-refractivity contribution < 1.29 is 4.39 Å². The van der Waals surface area contributed by atoms with Gasteiger partial charge >= 0.3 is 0 Å². The number of thiophene rings is 1. The van der Waals surface area contributed by atoms with Crippen LogP contribution in [0, 0.1) is 19.7 Å². The van der Waals surface area contributed by atoms with Crippen molar-refractivity contribution in [2.24, 2.45) is 0 Å². The van der Waals surface area contributed by atoms with Gasteiger partial charge in [0.25, 0.3) is 5.56 Å². The van der Waals surface area contributed by atoms with E-state index in [-0.39, 0.29) is 17.9 Å². The zero-order valence-corrected chi connectivity index (χ0v) is 14.0. The molecule has 0 radical (unpaired) electrons. The van der Waals surface area contributed by atoms with Crippen LogP contribution in [0.2, 0.25) is 0 Å². The summed E-state index contributed by atoms with van der Waals surface area (Å²) in [5.74, 6) is -0.325. The van der Waals surface area contributed by atoms with E-state index in [0.29, 0.717) is 15.8 Å². The summed E-state index contributed by atoms with van der Waals surface area (Å²) in [5, 5.41) is 0.897. The number of halogens is 1. The van der Waals surface area contributed by atoms with Crippen molar-refractivity contribution in [1.82, 2.24) is 14.5 Å². The Morgan fingerprint density at radius 1 is 1.25 bits per heavy atom. The summed E-state index contributed by atoms with van der Waals surface area (Å²) < 4.78 is 15.8. The first-order valence-corrected chi connectivity index (χ1v) is 8.35. The molecule has 24 heavy (non-hydrogen) atoms. The van der Waals surface area contributed by atoms with Crippen LogP contribution in [-0.4, -0.2) is 14.5 Å². The van der Waals surface area contributed by atoms with Gasteiger partial charge in [-0.25, -0.2) is 14.4 Å². The fourth-order valence-corrected chi connectivity index (χ4v) is 3.81. The summed E-state index contributed by atoms with van der Waals surface area (Å²) in [6.45, 7) is 4.10. The van der Waals surface area contributed by atoms with Crippen LogP contribution >= 0.6 is 11.3 Å². The van der Waals surface area contributed by atoms with Crippen LogP contribution in [0.3, 0.4) is 0 Å². The Hall–Kier alpha value is -2.60. The minimum atomic E-state index is -0.325. The summed E-state index contributed by atoms with van der Waals surface area (Å²) in [7, 11) is 0. The lowest BCUT2D eigenvalue weighted by Crippen LogP contribution is -2.20. The highest BCUT2D eigenvalue weighted by molar-refractivity contribution is 7.25. The molecule has 0 aliphatic heterocycles. The highest BCUT2D eigenvalue weighted by atomic mass is 32.1. The first-order chi connectivity index (χ1) is 11.5. The number of pyridine rings is 1. The van der Waals surface area contributed by atoms with Crippen LogP contribution in [-0.2, 0) is 6.54 Å². The van der Waals surface area contributed by atoms with Crippen molar-refractivity contribution in [3.63, 3.8) is 0 Å². The van der Waals surface area contributed by atoms with Crippen LogP contribution in [0.25, 0.3) is 20.4 Å². The van der Waals surface area contributed by atoms with Crippen molar-refractivity contribution in [2.45, 2.75) is 20.4 Å². The third kappa shape index (κ3) is 2.30. The molecule has 0 unspecified atom stereocenters. The molecule has 0 aliphatic carbocycles. The molecule has 3 heterocycles. The van der Waals surface area contributed by atoms with E-state index < -0.39 is 0 Å². The number of fused-ring (bicyclic) bond motifs is 3. The standard InChI is InChI=1S/C18H14FN3OS/c1-10-7-13-15-16(24-17(13)21-11(10)2)18(23)22(9-20-15)8-12-5-3-4-6-14(12)19/h3-7,9H,8H2,1-2H3. The summed E-state index contributed by atoms with van der Waals surface area (Å²) in [5.41, 5.74) is 2.98. The Labute approximate surface area is 141 Å². The molecule has 0 atom stereocenters. The van der Waals surface area contributed by atoms with Gasteiger partial charge in [-0.3, -0.25) is 9.36 Å². The zero-order chi connectivity index (χ0) is 16.8. The number of benzene rings is 1. The van der Waals surface area contributed by atoms with Gasteiger partial charge in [0.15, 0.2) is 0 Å². The van der Waals surface area contributed by atoms with E-state index in [2.05, 4.69) is 9.97 Å². The van der Waals surface area contributed by atoms with Gasteiger partial charge in [-0.05, 0) is 31.5 Å². The number of nitrogens with zero attached hydrogens (tertiary/aromatic N) is 3. The van der Waals surface area contributed by atoms with Crippen molar-refractivity contribution in [1.29, 1.82) is 0 Å². The summed E-state index contributed by atoms with van der Waals surface area (Å²) in [4.78, 5) is 22.6. The Balaban J connectivity index is 1.91. The molecule has 4 nitrogen and oxygen atoms in total. The molecule has 0 saturated heterocycles. The molecule has 1 aromatic carbocycles. The summed E-state index contributed by atoms with van der Waals surface area (Å²) >= 11 is 1.34. The van der Waals surface area contributed by atoms with E-state index in [1.54, 1.807) is 18.2 Å². The predicted octanol–water partition coefficient (Wildman–Crippen LogP) is 3.81. The Bertz CT molecular complexity index is 1150. The van der Waals surface area contributed by atoms with Gasteiger partial charge in [-0.2, -0.15) is 0 Å². The fraction of sp³-hybridized carbons (Fsp3) is 0.167. The average molecular weight is 339 g/mol. The molecule has 0 fully saturated rings. The van der Waals surface area contributed by atoms with Gasteiger partial charge in [0, 0.05) is 16.6 Å². The second-order valence-corrected chi connectivity index (χ2v) is 6.79. The fourth-order valence-electron chi connectivity index (χ4n) is 2.70. The first-order valence-electron chi connectivity index (χ1n) is 7.54. The molecule has 0 N–H and O–H groups in total.